The number of H-pyrrole nitrogens is 2. The molecule has 0 aliphatic heterocycles. The van der Waals surface area contributed by atoms with Gasteiger partial charge in [0.1, 0.15) is 5.69 Å². The Balaban J connectivity index is 1.43. The lowest BCUT2D eigenvalue weighted by atomic mass is 10.1. The van der Waals surface area contributed by atoms with Crippen LogP contribution in [0, 0.1) is 0 Å². The molecule has 6 aromatic rings. The van der Waals surface area contributed by atoms with E-state index in [0.29, 0.717) is 5.82 Å². The molecule has 5 aromatic heterocycles. The molecule has 170 valence electrons. The van der Waals surface area contributed by atoms with E-state index in [2.05, 4.69) is 49.0 Å². The zero-order chi connectivity index (χ0) is 23.8. The lowest BCUT2D eigenvalue weighted by Crippen LogP contribution is -1.97. The maximum atomic E-state index is 4.91. The fourth-order valence-electron chi connectivity index (χ4n) is 4.07. The molecule has 8 nitrogen and oxygen atoms in total. The van der Waals surface area contributed by atoms with Crippen molar-refractivity contribution in [1.82, 2.24) is 35.1 Å². The molecule has 5 heterocycles. The summed E-state index contributed by atoms with van der Waals surface area (Å²) in [5.41, 5.74) is 8.68. The average molecular weight is 459 g/mol. The predicted molar refractivity (Wildman–Crippen MR) is 138 cm³/mol. The minimum atomic E-state index is 0.680. The summed E-state index contributed by atoms with van der Waals surface area (Å²) in [5, 5.41) is 11.8. The van der Waals surface area contributed by atoms with Crippen LogP contribution in [-0.4, -0.2) is 35.1 Å². The monoisotopic (exact) mass is 458 g/mol. The summed E-state index contributed by atoms with van der Waals surface area (Å²) < 4.78 is 0. The van der Waals surface area contributed by atoms with Crippen molar-refractivity contribution in [3.05, 3.63) is 85.6 Å². The number of hydrogen-bond acceptors (Lipinski definition) is 6. The number of nitrogens with zero attached hydrogens (tertiary/aromatic N) is 5. The van der Waals surface area contributed by atoms with Crippen molar-refractivity contribution >= 4 is 27.6 Å². The van der Waals surface area contributed by atoms with E-state index in [9.17, 15) is 0 Å². The summed E-state index contributed by atoms with van der Waals surface area (Å²) in [6.45, 7) is 6.07. The molecule has 0 saturated heterocycles. The van der Waals surface area contributed by atoms with Crippen molar-refractivity contribution < 1.29 is 0 Å². The molecule has 0 bridgehead atoms. The SMILES string of the molecule is C=C(CC)Nc1cncc(-c2cc3c(-c4nc5c(-c6ccccn6)cccc5[nH]4)n[nH]c3cn2)c1. The van der Waals surface area contributed by atoms with Crippen LogP contribution in [0.3, 0.4) is 0 Å². The highest BCUT2D eigenvalue weighted by atomic mass is 15.1. The first-order valence-corrected chi connectivity index (χ1v) is 11.3. The number of anilines is 1. The number of nitrogens with one attached hydrogen (secondary N) is 3. The summed E-state index contributed by atoms with van der Waals surface area (Å²) >= 11 is 0. The number of benzene rings is 1. The largest absolute Gasteiger partial charge is 0.358 e. The number of rotatable bonds is 6. The van der Waals surface area contributed by atoms with Crippen LogP contribution in [0.2, 0.25) is 0 Å². The van der Waals surface area contributed by atoms with E-state index < -0.39 is 0 Å². The van der Waals surface area contributed by atoms with Gasteiger partial charge in [-0.15, -0.1) is 0 Å². The van der Waals surface area contributed by atoms with Gasteiger partial charge in [0, 0.05) is 34.6 Å². The maximum absolute atomic E-state index is 4.91. The third kappa shape index (κ3) is 3.80. The molecule has 8 heteroatoms. The van der Waals surface area contributed by atoms with Gasteiger partial charge in [-0.05, 0) is 36.8 Å². The third-order valence-electron chi connectivity index (χ3n) is 5.91. The lowest BCUT2D eigenvalue weighted by molar-refractivity contribution is 1.10. The van der Waals surface area contributed by atoms with Gasteiger partial charge in [0.15, 0.2) is 5.82 Å². The Labute approximate surface area is 201 Å². The van der Waals surface area contributed by atoms with E-state index in [4.69, 9.17) is 4.98 Å². The van der Waals surface area contributed by atoms with Gasteiger partial charge < -0.3 is 10.3 Å². The van der Waals surface area contributed by atoms with E-state index in [1.165, 1.54) is 0 Å². The second-order valence-electron chi connectivity index (χ2n) is 8.23. The molecule has 0 saturated carbocycles. The van der Waals surface area contributed by atoms with Crippen LogP contribution in [0.4, 0.5) is 5.69 Å². The van der Waals surface area contributed by atoms with Gasteiger partial charge in [0.2, 0.25) is 0 Å². The fraction of sp³-hybridized carbons (Fsp3) is 0.0741. The zero-order valence-corrected chi connectivity index (χ0v) is 19.1. The smallest absolute Gasteiger partial charge is 0.159 e. The van der Waals surface area contributed by atoms with Gasteiger partial charge in [-0.25, -0.2) is 4.98 Å². The Hall–Kier alpha value is -4.85. The van der Waals surface area contributed by atoms with Gasteiger partial charge in [0.05, 0.1) is 46.0 Å². The molecule has 0 atom stereocenters. The molecule has 0 aliphatic rings. The highest BCUT2D eigenvalue weighted by Gasteiger charge is 2.16. The summed E-state index contributed by atoms with van der Waals surface area (Å²) in [6.07, 6.45) is 7.99. The van der Waals surface area contributed by atoms with Gasteiger partial charge in [-0.1, -0.05) is 31.7 Å². The van der Waals surface area contributed by atoms with Crippen molar-refractivity contribution in [2.45, 2.75) is 13.3 Å². The number of imidazole rings is 1. The van der Waals surface area contributed by atoms with Gasteiger partial charge in [-0.2, -0.15) is 5.10 Å². The first-order valence-electron chi connectivity index (χ1n) is 11.3. The van der Waals surface area contributed by atoms with Crippen LogP contribution in [-0.2, 0) is 0 Å². The number of para-hydroxylation sites is 1. The van der Waals surface area contributed by atoms with E-state index in [-0.39, 0.29) is 0 Å². The minimum Gasteiger partial charge on any atom is -0.358 e. The van der Waals surface area contributed by atoms with Gasteiger partial charge >= 0.3 is 0 Å². The number of aromatic amines is 2. The Morgan fingerprint density at radius 1 is 0.971 bits per heavy atom. The second kappa shape index (κ2) is 8.49. The first-order chi connectivity index (χ1) is 17.2. The minimum absolute atomic E-state index is 0.680. The third-order valence-corrected chi connectivity index (χ3v) is 5.91. The molecule has 0 amide bonds. The summed E-state index contributed by atoms with van der Waals surface area (Å²) in [7, 11) is 0. The van der Waals surface area contributed by atoms with E-state index >= 15 is 0 Å². The Morgan fingerprint density at radius 3 is 2.77 bits per heavy atom. The normalized spacial score (nSPS) is 11.2. The first kappa shape index (κ1) is 20.7. The van der Waals surface area contributed by atoms with Crippen molar-refractivity contribution in [2.75, 3.05) is 5.32 Å². The predicted octanol–water partition coefficient (Wildman–Crippen LogP) is 5.96. The lowest BCUT2D eigenvalue weighted by Gasteiger charge is -2.08. The summed E-state index contributed by atoms with van der Waals surface area (Å²) in [6, 6.07) is 15.9. The van der Waals surface area contributed by atoms with Crippen LogP contribution in [0.15, 0.2) is 85.6 Å². The molecule has 35 heavy (non-hydrogen) atoms. The number of allylic oxidation sites excluding steroid dienone is 1. The molecular weight excluding hydrogens is 436 g/mol. The Bertz CT molecular complexity index is 1680. The highest BCUT2D eigenvalue weighted by Crippen LogP contribution is 2.32. The summed E-state index contributed by atoms with van der Waals surface area (Å²) in [4.78, 5) is 21.8. The number of fused-ring (bicyclic) bond motifs is 2. The number of aromatic nitrogens is 7. The number of pyridine rings is 3. The van der Waals surface area contributed by atoms with Gasteiger partial charge in [0.25, 0.3) is 0 Å². The van der Waals surface area contributed by atoms with Crippen LogP contribution in [0.5, 0.6) is 0 Å². The van der Waals surface area contributed by atoms with Crippen molar-refractivity contribution in [3.8, 4) is 34.0 Å². The molecule has 0 spiro atoms. The topological polar surface area (TPSA) is 108 Å². The molecule has 0 unspecified atom stereocenters. The fourth-order valence-corrected chi connectivity index (χ4v) is 4.07. The molecule has 6 rings (SSSR count). The quantitative estimate of drug-likeness (QED) is 0.284. The van der Waals surface area contributed by atoms with Crippen LogP contribution in [0.25, 0.3) is 56.0 Å². The van der Waals surface area contributed by atoms with Crippen molar-refractivity contribution in [1.29, 1.82) is 0 Å². The molecule has 1 aromatic carbocycles. The van der Waals surface area contributed by atoms with E-state index in [1.54, 1.807) is 24.8 Å². The van der Waals surface area contributed by atoms with Crippen LogP contribution >= 0.6 is 0 Å². The van der Waals surface area contributed by atoms with E-state index in [0.717, 1.165) is 68.0 Å². The maximum Gasteiger partial charge on any atom is 0.159 e. The molecule has 0 aliphatic carbocycles. The van der Waals surface area contributed by atoms with Gasteiger partial charge in [-0.3, -0.25) is 20.1 Å². The second-order valence-corrected chi connectivity index (χ2v) is 8.23. The summed E-state index contributed by atoms with van der Waals surface area (Å²) in [5.74, 6) is 0.680. The molecule has 0 fully saturated rings. The average Bonchev–Trinajstić information content (AvgIpc) is 3.53. The standard InChI is InChI=1S/C27H22N8/c1-3-16(2)31-18-11-17(13-28-14-18)23-12-20-24(15-30-23)34-35-26(20)27-32-22-9-6-7-19(25(22)33-27)21-8-4-5-10-29-21/h4-15,31H,2-3H2,1H3,(H,32,33)(H,34,35). The molecule has 0 radical (unpaired) electrons. The molecular formula is C27H22N8. The van der Waals surface area contributed by atoms with Crippen molar-refractivity contribution in [2.24, 2.45) is 0 Å². The van der Waals surface area contributed by atoms with Crippen molar-refractivity contribution in [3.63, 3.8) is 0 Å². The van der Waals surface area contributed by atoms with Crippen LogP contribution in [0.1, 0.15) is 13.3 Å². The van der Waals surface area contributed by atoms with Crippen LogP contribution < -0.4 is 5.32 Å². The zero-order valence-electron chi connectivity index (χ0n) is 19.1. The number of hydrogen-bond donors (Lipinski definition) is 3. The Kier molecular flexibility index (Phi) is 5.03. The molecule has 3 N–H and O–H groups in total. The highest BCUT2D eigenvalue weighted by molar-refractivity contribution is 5.97. The van der Waals surface area contributed by atoms with E-state index in [1.807, 2.05) is 48.5 Å². The Morgan fingerprint density at radius 2 is 1.91 bits per heavy atom.